The minimum atomic E-state index is -2.35. The van der Waals surface area contributed by atoms with E-state index in [1.54, 1.807) is 0 Å². The van der Waals surface area contributed by atoms with Gasteiger partial charge in [0.05, 0.1) is 6.10 Å². The van der Waals surface area contributed by atoms with Gasteiger partial charge in [-0.15, -0.1) is 11.6 Å². The van der Waals surface area contributed by atoms with Crippen molar-refractivity contribution in [2.45, 2.75) is 30.7 Å². The fraction of sp³-hybridized carbons (Fsp3) is 1.00. The molecule has 1 rings (SSSR count). The molecule has 0 aromatic carbocycles. The van der Waals surface area contributed by atoms with Gasteiger partial charge in [-0.2, -0.15) is 0 Å². The van der Waals surface area contributed by atoms with Crippen molar-refractivity contribution >= 4 is 11.6 Å². The second-order valence-corrected chi connectivity index (χ2v) is 3.03. The molecule has 0 heterocycles. The van der Waals surface area contributed by atoms with Crippen molar-refractivity contribution in [3.63, 3.8) is 0 Å². The third-order valence-electron chi connectivity index (χ3n) is 1.50. The van der Waals surface area contributed by atoms with E-state index >= 15 is 0 Å². The van der Waals surface area contributed by atoms with Crippen molar-refractivity contribution in [1.29, 1.82) is 0 Å². The van der Waals surface area contributed by atoms with E-state index in [2.05, 4.69) is 0 Å². The van der Waals surface area contributed by atoms with Gasteiger partial charge in [0.1, 0.15) is 6.61 Å². The highest BCUT2D eigenvalue weighted by atomic mass is 35.5. The van der Waals surface area contributed by atoms with Gasteiger partial charge < -0.3 is 4.74 Å². The molecule has 1 aliphatic rings. The largest absolute Gasteiger partial charge is 0.372 e. The average Bonchev–Trinajstić information content (AvgIpc) is 1.77. The summed E-state index contributed by atoms with van der Waals surface area (Å²) in [6.45, 7) is -0.450. The Morgan fingerprint density at radius 3 is 2.50 bits per heavy atom. The number of ether oxygens (including phenoxy) is 1. The Balaban J connectivity index is 1.95. The average molecular weight is 171 g/mol. The molecule has 0 atom stereocenters. The van der Waals surface area contributed by atoms with Crippen molar-refractivity contribution in [3.8, 4) is 0 Å². The van der Waals surface area contributed by atoms with Crippen LogP contribution in [0.3, 0.4) is 0 Å². The minimum Gasteiger partial charge on any atom is -0.372 e. The summed E-state index contributed by atoms with van der Waals surface area (Å²) >= 11 is 5.59. The number of hydrogen-bond acceptors (Lipinski definition) is 1. The first kappa shape index (κ1) is 8.21. The van der Waals surface area contributed by atoms with E-state index in [9.17, 15) is 8.78 Å². The Hall–Kier alpha value is 0.110. The summed E-state index contributed by atoms with van der Waals surface area (Å²) in [7, 11) is 0. The Morgan fingerprint density at radius 1 is 1.50 bits per heavy atom. The molecule has 0 radical (unpaired) electrons. The van der Waals surface area contributed by atoms with Gasteiger partial charge in [-0.3, -0.25) is 0 Å². The number of rotatable bonds is 3. The zero-order valence-corrected chi connectivity index (χ0v) is 6.15. The molecular formula is C6H9ClF2O. The lowest BCUT2D eigenvalue weighted by Gasteiger charge is -2.30. The van der Waals surface area contributed by atoms with E-state index in [0.29, 0.717) is 12.8 Å². The van der Waals surface area contributed by atoms with Crippen LogP contribution >= 0.6 is 11.6 Å². The highest BCUT2D eigenvalue weighted by Gasteiger charge is 2.28. The molecule has 10 heavy (non-hydrogen) atoms. The molecule has 1 nitrogen and oxygen atoms in total. The monoisotopic (exact) mass is 170 g/mol. The second kappa shape index (κ2) is 3.49. The van der Waals surface area contributed by atoms with E-state index < -0.39 is 13.0 Å². The maximum absolute atomic E-state index is 11.5. The summed E-state index contributed by atoms with van der Waals surface area (Å²) in [6.07, 6.45) is -0.936. The number of halogens is 3. The lowest BCUT2D eigenvalue weighted by Crippen LogP contribution is -2.33. The molecule has 0 spiro atoms. The van der Waals surface area contributed by atoms with Gasteiger partial charge in [0.25, 0.3) is 6.43 Å². The lowest BCUT2D eigenvalue weighted by atomic mass is 9.95. The molecule has 0 amide bonds. The Kier molecular flexibility index (Phi) is 2.86. The predicted octanol–water partition coefficient (Wildman–Crippen LogP) is 2.04. The van der Waals surface area contributed by atoms with Crippen LogP contribution in [0.1, 0.15) is 12.8 Å². The highest BCUT2D eigenvalue weighted by Crippen LogP contribution is 2.28. The number of hydrogen-bond donors (Lipinski definition) is 0. The SMILES string of the molecule is FC(F)COC1CC(Cl)C1. The molecule has 0 aliphatic heterocycles. The second-order valence-electron chi connectivity index (χ2n) is 2.42. The molecule has 1 aliphatic carbocycles. The van der Waals surface area contributed by atoms with Gasteiger partial charge in [0.15, 0.2) is 0 Å². The summed E-state index contributed by atoms with van der Waals surface area (Å²) in [5.74, 6) is 0. The van der Waals surface area contributed by atoms with Crippen LogP contribution in [0.2, 0.25) is 0 Å². The standard InChI is InChI=1S/C6H9ClF2O/c7-4-1-5(2-4)10-3-6(8)9/h4-6H,1-3H2. The molecular weight excluding hydrogens is 162 g/mol. The van der Waals surface area contributed by atoms with Crippen LogP contribution in [-0.2, 0) is 4.74 Å². The fourth-order valence-corrected chi connectivity index (χ4v) is 1.24. The summed E-state index contributed by atoms with van der Waals surface area (Å²) in [4.78, 5) is 0. The smallest absolute Gasteiger partial charge is 0.261 e. The zero-order chi connectivity index (χ0) is 7.56. The molecule has 1 fully saturated rings. The van der Waals surface area contributed by atoms with E-state index in [0.717, 1.165) is 0 Å². The highest BCUT2D eigenvalue weighted by molar-refractivity contribution is 6.21. The van der Waals surface area contributed by atoms with Crippen molar-refractivity contribution < 1.29 is 13.5 Å². The van der Waals surface area contributed by atoms with Gasteiger partial charge in [-0.25, -0.2) is 8.78 Å². The van der Waals surface area contributed by atoms with E-state index in [1.807, 2.05) is 0 Å². The van der Waals surface area contributed by atoms with Crippen LogP contribution in [0.25, 0.3) is 0 Å². The Labute approximate surface area is 63.3 Å². The zero-order valence-electron chi connectivity index (χ0n) is 5.40. The maximum atomic E-state index is 11.5. The number of alkyl halides is 3. The predicted molar refractivity (Wildman–Crippen MR) is 34.6 cm³/mol. The minimum absolute atomic E-state index is 0.0171. The molecule has 0 N–H and O–H groups in total. The lowest BCUT2D eigenvalue weighted by molar-refractivity contribution is -0.0514. The first-order valence-electron chi connectivity index (χ1n) is 3.22. The quantitative estimate of drug-likeness (QED) is 0.589. The van der Waals surface area contributed by atoms with Gasteiger partial charge in [0.2, 0.25) is 0 Å². The molecule has 0 saturated heterocycles. The fourth-order valence-electron chi connectivity index (χ4n) is 0.846. The first-order valence-corrected chi connectivity index (χ1v) is 3.66. The topological polar surface area (TPSA) is 9.23 Å². The van der Waals surface area contributed by atoms with Crippen LogP contribution in [0, 0.1) is 0 Å². The van der Waals surface area contributed by atoms with Crippen molar-refractivity contribution in [2.24, 2.45) is 0 Å². The van der Waals surface area contributed by atoms with Crippen LogP contribution in [0.4, 0.5) is 8.78 Å². The Bertz CT molecular complexity index is 104. The third kappa shape index (κ3) is 2.39. The normalized spacial score (nSPS) is 32.4. The summed E-state index contributed by atoms with van der Waals surface area (Å²) < 4.78 is 27.8. The molecule has 60 valence electrons. The van der Waals surface area contributed by atoms with Crippen molar-refractivity contribution in [2.75, 3.05) is 6.61 Å². The van der Waals surface area contributed by atoms with Gasteiger partial charge >= 0.3 is 0 Å². The molecule has 0 unspecified atom stereocenters. The van der Waals surface area contributed by atoms with Crippen LogP contribution in [0.5, 0.6) is 0 Å². The van der Waals surface area contributed by atoms with Crippen LogP contribution in [-0.4, -0.2) is 24.5 Å². The van der Waals surface area contributed by atoms with Crippen molar-refractivity contribution in [3.05, 3.63) is 0 Å². The molecule has 0 aromatic heterocycles. The van der Waals surface area contributed by atoms with Gasteiger partial charge in [-0.1, -0.05) is 0 Å². The summed E-state index contributed by atoms with van der Waals surface area (Å²) in [6, 6.07) is 0. The molecule has 0 bridgehead atoms. The van der Waals surface area contributed by atoms with Gasteiger partial charge in [-0.05, 0) is 12.8 Å². The van der Waals surface area contributed by atoms with Gasteiger partial charge in [0, 0.05) is 5.38 Å². The summed E-state index contributed by atoms with van der Waals surface area (Å²) in [5.41, 5.74) is 0. The van der Waals surface area contributed by atoms with Crippen LogP contribution < -0.4 is 0 Å². The van der Waals surface area contributed by atoms with E-state index in [-0.39, 0.29) is 11.5 Å². The molecule has 4 heteroatoms. The van der Waals surface area contributed by atoms with E-state index in [4.69, 9.17) is 16.3 Å². The molecule has 0 aromatic rings. The van der Waals surface area contributed by atoms with Crippen LogP contribution in [0.15, 0.2) is 0 Å². The van der Waals surface area contributed by atoms with Crippen molar-refractivity contribution in [1.82, 2.24) is 0 Å². The Morgan fingerprint density at radius 2 is 2.10 bits per heavy atom. The summed E-state index contributed by atoms with van der Waals surface area (Å²) in [5, 5.41) is 0.141. The third-order valence-corrected chi connectivity index (χ3v) is 1.85. The van der Waals surface area contributed by atoms with E-state index in [1.165, 1.54) is 0 Å². The maximum Gasteiger partial charge on any atom is 0.261 e. The molecule has 1 saturated carbocycles. The first-order chi connectivity index (χ1) is 4.68.